The van der Waals surface area contributed by atoms with Gasteiger partial charge in [-0.05, 0) is 30.5 Å². The maximum Gasteiger partial charge on any atom is 0.531 e. The summed E-state index contributed by atoms with van der Waals surface area (Å²) in [5, 5.41) is 12.3. The van der Waals surface area contributed by atoms with Crippen LogP contribution in [-0.2, 0) is 28.5 Å². The van der Waals surface area contributed by atoms with E-state index in [0.717, 1.165) is 0 Å². The van der Waals surface area contributed by atoms with Crippen molar-refractivity contribution in [2.24, 2.45) is 5.92 Å². The van der Waals surface area contributed by atoms with Crippen molar-refractivity contribution in [1.82, 2.24) is 10.2 Å². The van der Waals surface area contributed by atoms with E-state index in [0.29, 0.717) is 11.4 Å². The molecule has 1 aromatic rings. The average Bonchev–Trinajstić information content (AvgIpc) is 3.07. The molecular formula is C23H29BCl2N2O8. The molecule has 0 spiro atoms. The van der Waals surface area contributed by atoms with Gasteiger partial charge in [0.2, 0.25) is 5.91 Å². The van der Waals surface area contributed by atoms with Crippen LogP contribution in [-0.4, -0.2) is 72.9 Å². The maximum absolute atomic E-state index is 12.8. The van der Waals surface area contributed by atoms with Gasteiger partial charge < -0.3 is 24.6 Å². The number of rotatable bonds is 12. The first kappa shape index (κ1) is 29.6. The molecule has 1 heterocycles. The van der Waals surface area contributed by atoms with E-state index in [1.54, 1.807) is 0 Å². The standard InChI is InChI=1S/C23H29BCl2N2O8/c1-13(2)7-14(8-16(29)12-27-21(33)17-9-15(25)5-6-18(17)26)24-35-22(34)23(36-24,11-20(31)32)10-19(30)28(3)4/h5-6,9,13-14H,7-8,10-12H2,1-4H3,(H,27,33)(H,31,32)/t14-,23-/m1/s1. The van der Waals surface area contributed by atoms with Gasteiger partial charge in [0.05, 0.1) is 30.0 Å². The Morgan fingerprint density at radius 1 is 1.17 bits per heavy atom. The van der Waals surface area contributed by atoms with Crippen LogP contribution in [0.25, 0.3) is 0 Å². The average molecular weight is 543 g/mol. The third-order valence-corrected chi connectivity index (χ3v) is 6.14. The molecule has 0 aliphatic carbocycles. The van der Waals surface area contributed by atoms with Crippen molar-refractivity contribution in [2.75, 3.05) is 20.6 Å². The SMILES string of the molecule is CC(C)C[C@H](CC(=O)CNC(=O)c1cc(Cl)ccc1Cl)B1OC(=O)[C@](CC(=O)O)(CC(=O)N(C)C)O1. The second-order valence-electron chi connectivity index (χ2n) is 9.36. The fraction of sp³-hybridized carbons (Fsp3) is 0.522. The fourth-order valence-corrected chi connectivity index (χ4v) is 4.22. The van der Waals surface area contributed by atoms with Gasteiger partial charge in [0.1, 0.15) is 0 Å². The Morgan fingerprint density at radius 3 is 2.42 bits per heavy atom. The van der Waals surface area contributed by atoms with Gasteiger partial charge in [-0.15, -0.1) is 0 Å². The number of aliphatic carboxylic acids is 1. The summed E-state index contributed by atoms with van der Waals surface area (Å²) in [7, 11) is 1.72. The summed E-state index contributed by atoms with van der Waals surface area (Å²) in [6.45, 7) is 3.48. The minimum atomic E-state index is -1.99. The van der Waals surface area contributed by atoms with Crippen molar-refractivity contribution in [3.63, 3.8) is 0 Å². The highest BCUT2D eigenvalue weighted by atomic mass is 35.5. The largest absolute Gasteiger partial charge is 0.531 e. The van der Waals surface area contributed by atoms with Crippen molar-refractivity contribution >= 4 is 59.9 Å². The first-order valence-electron chi connectivity index (χ1n) is 11.3. The van der Waals surface area contributed by atoms with E-state index in [1.165, 1.54) is 37.2 Å². The van der Waals surface area contributed by atoms with E-state index in [-0.39, 0.29) is 35.3 Å². The first-order valence-corrected chi connectivity index (χ1v) is 12.1. The summed E-state index contributed by atoms with van der Waals surface area (Å²) in [6.07, 6.45) is -0.992. The predicted octanol–water partition coefficient (Wildman–Crippen LogP) is 2.85. The van der Waals surface area contributed by atoms with Crippen LogP contribution in [0.2, 0.25) is 15.9 Å². The first-order chi connectivity index (χ1) is 16.7. The molecule has 2 amide bonds. The van der Waals surface area contributed by atoms with Crippen LogP contribution in [0.1, 0.15) is 49.9 Å². The lowest BCUT2D eigenvalue weighted by molar-refractivity contribution is -0.155. The minimum Gasteiger partial charge on any atom is -0.507 e. The molecule has 1 aromatic carbocycles. The lowest BCUT2D eigenvalue weighted by atomic mass is 9.65. The minimum absolute atomic E-state index is 0.0721. The van der Waals surface area contributed by atoms with Gasteiger partial charge in [-0.25, -0.2) is 0 Å². The van der Waals surface area contributed by atoms with Gasteiger partial charge in [-0.2, -0.15) is 0 Å². The molecule has 2 atom stereocenters. The Bertz CT molecular complexity index is 1040. The summed E-state index contributed by atoms with van der Waals surface area (Å²) in [5.41, 5.74) is -1.87. The summed E-state index contributed by atoms with van der Waals surface area (Å²) in [5.74, 6) is -4.31. The van der Waals surface area contributed by atoms with Crippen LogP contribution in [0.15, 0.2) is 18.2 Å². The monoisotopic (exact) mass is 542 g/mol. The number of carboxylic acid groups (broad SMARTS) is 1. The number of nitrogens with one attached hydrogen (secondary N) is 1. The molecule has 1 saturated heterocycles. The molecule has 196 valence electrons. The molecule has 1 fully saturated rings. The second kappa shape index (κ2) is 12.6. The highest BCUT2D eigenvalue weighted by molar-refractivity contribution is 6.51. The molecular weight excluding hydrogens is 514 g/mol. The van der Waals surface area contributed by atoms with Crippen LogP contribution < -0.4 is 5.32 Å². The Balaban J connectivity index is 2.14. The van der Waals surface area contributed by atoms with E-state index in [1.807, 2.05) is 13.8 Å². The van der Waals surface area contributed by atoms with E-state index in [2.05, 4.69) is 5.32 Å². The molecule has 36 heavy (non-hydrogen) atoms. The molecule has 13 heteroatoms. The van der Waals surface area contributed by atoms with Gasteiger partial charge in [0, 0.05) is 31.4 Å². The zero-order chi connectivity index (χ0) is 27.2. The summed E-state index contributed by atoms with van der Waals surface area (Å²) < 4.78 is 11.2. The highest BCUT2D eigenvalue weighted by Gasteiger charge is 2.57. The molecule has 0 radical (unpaired) electrons. The number of amides is 2. The van der Waals surface area contributed by atoms with Gasteiger partial charge in [-0.1, -0.05) is 37.0 Å². The van der Waals surface area contributed by atoms with E-state index < -0.39 is 55.1 Å². The molecule has 0 unspecified atom stereocenters. The zero-order valence-corrected chi connectivity index (χ0v) is 22.0. The van der Waals surface area contributed by atoms with Crippen LogP contribution in [0.4, 0.5) is 0 Å². The molecule has 1 aliphatic heterocycles. The number of carboxylic acids is 1. The summed E-state index contributed by atoms with van der Waals surface area (Å²) >= 11 is 11.9. The van der Waals surface area contributed by atoms with E-state index in [4.69, 9.17) is 32.5 Å². The number of carbonyl (C=O) groups excluding carboxylic acids is 4. The van der Waals surface area contributed by atoms with Crippen LogP contribution in [0.5, 0.6) is 0 Å². The zero-order valence-electron chi connectivity index (χ0n) is 20.5. The summed E-state index contributed by atoms with van der Waals surface area (Å²) in [4.78, 5) is 62.9. The fourth-order valence-electron chi connectivity index (χ4n) is 3.84. The number of ketones is 1. The van der Waals surface area contributed by atoms with E-state index >= 15 is 0 Å². The lowest BCUT2D eigenvalue weighted by Gasteiger charge is -2.25. The molecule has 10 nitrogen and oxygen atoms in total. The number of halogens is 2. The number of nitrogens with zero attached hydrogens (tertiary/aromatic N) is 1. The lowest BCUT2D eigenvalue weighted by Crippen LogP contribution is -2.44. The number of hydrogen-bond donors (Lipinski definition) is 2. The Hall–Kier alpha value is -2.63. The van der Waals surface area contributed by atoms with E-state index in [9.17, 15) is 29.1 Å². The third-order valence-electron chi connectivity index (χ3n) is 5.58. The van der Waals surface area contributed by atoms with Gasteiger partial charge in [0.15, 0.2) is 11.4 Å². The predicted molar refractivity (Wildman–Crippen MR) is 133 cm³/mol. The second-order valence-corrected chi connectivity index (χ2v) is 10.2. The van der Waals surface area contributed by atoms with Crippen molar-refractivity contribution in [2.45, 2.75) is 50.9 Å². The number of hydrogen-bond acceptors (Lipinski definition) is 7. The molecule has 0 bridgehead atoms. The highest BCUT2D eigenvalue weighted by Crippen LogP contribution is 2.38. The van der Waals surface area contributed by atoms with Gasteiger partial charge in [-0.3, -0.25) is 24.0 Å². The van der Waals surface area contributed by atoms with Gasteiger partial charge >= 0.3 is 19.1 Å². The molecule has 2 N–H and O–H groups in total. The normalized spacial score (nSPS) is 18.1. The third kappa shape index (κ3) is 7.94. The molecule has 1 aliphatic rings. The smallest absolute Gasteiger partial charge is 0.507 e. The van der Waals surface area contributed by atoms with Crippen LogP contribution in [0.3, 0.4) is 0 Å². The summed E-state index contributed by atoms with van der Waals surface area (Å²) in [6, 6.07) is 4.38. The Labute approximate surface area is 219 Å². The maximum atomic E-state index is 12.8. The molecule has 0 aromatic heterocycles. The van der Waals surface area contributed by atoms with Crippen molar-refractivity contribution in [1.29, 1.82) is 0 Å². The number of Topliss-reactive ketones (excluding diaryl/α,β-unsaturated/α-hetero) is 1. The van der Waals surface area contributed by atoms with Gasteiger partial charge in [0.25, 0.3) is 5.91 Å². The number of carbonyl (C=O) groups is 5. The van der Waals surface area contributed by atoms with Crippen molar-refractivity contribution in [3.05, 3.63) is 33.8 Å². The van der Waals surface area contributed by atoms with Crippen LogP contribution in [0, 0.1) is 5.92 Å². The van der Waals surface area contributed by atoms with Crippen molar-refractivity contribution in [3.8, 4) is 0 Å². The topological polar surface area (TPSA) is 139 Å². The quantitative estimate of drug-likeness (QED) is 0.384. The molecule has 0 saturated carbocycles. The molecule has 2 rings (SSSR count). The Kier molecular flexibility index (Phi) is 10.3. The number of benzene rings is 1. The Morgan fingerprint density at radius 2 is 1.83 bits per heavy atom. The van der Waals surface area contributed by atoms with Crippen LogP contribution >= 0.6 is 23.2 Å². The van der Waals surface area contributed by atoms with Crippen molar-refractivity contribution < 1.29 is 38.4 Å².